The topological polar surface area (TPSA) is 60.6 Å². The first-order chi connectivity index (χ1) is 15.1. The predicted octanol–water partition coefficient (Wildman–Crippen LogP) is 6.02. The number of aryl methyl sites for hydroxylation is 1. The van der Waals surface area contributed by atoms with Gasteiger partial charge in [-0.25, -0.2) is 0 Å². The minimum atomic E-state index is 0.620. The monoisotopic (exact) mass is 453 g/mol. The number of hydrogen-bond donors (Lipinski definition) is 2. The SMILES string of the molecule is Cc1cccc2c(-c3nnc(CN4CCC(Cc5ccc(Cl)c(Cl)c5)CC4)[nH]3)c[nH]c12. The molecule has 4 aromatic rings. The van der Waals surface area contributed by atoms with Crippen molar-refractivity contribution in [2.45, 2.75) is 32.7 Å². The van der Waals surface area contributed by atoms with Crippen LogP contribution in [0.5, 0.6) is 0 Å². The lowest BCUT2D eigenvalue weighted by Crippen LogP contribution is -2.34. The smallest absolute Gasteiger partial charge is 0.163 e. The lowest BCUT2D eigenvalue weighted by Gasteiger charge is -2.31. The number of halogens is 2. The fourth-order valence-electron chi connectivity index (χ4n) is 4.55. The molecule has 1 aliphatic heterocycles. The number of aromatic amines is 2. The van der Waals surface area contributed by atoms with Crippen LogP contribution in [0.3, 0.4) is 0 Å². The van der Waals surface area contributed by atoms with Gasteiger partial charge in [0.25, 0.3) is 0 Å². The normalized spacial score (nSPS) is 15.7. The maximum absolute atomic E-state index is 6.17. The Kier molecular flexibility index (Phi) is 5.74. The molecule has 0 bridgehead atoms. The van der Waals surface area contributed by atoms with Gasteiger partial charge in [0.05, 0.1) is 16.6 Å². The summed E-state index contributed by atoms with van der Waals surface area (Å²) in [7, 11) is 0. The third kappa shape index (κ3) is 4.36. The van der Waals surface area contributed by atoms with Gasteiger partial charge in [-0.1, -0.05) is 47.5 Å². The van der Waals surface area contributed by atoms with Crippen molar-refractivity contribution < 1.29 is 0 Å². The van der Waals surface area contributed by atoms with Crippen LogP contribution in [-0.2, 0) is 13.0 Å². The number of nitrogens with one attached hydrogen (secondary N) is 2. The van der Waals surface area contributed by atoms with Crippen molar-refractivity contribution in [3.05, 3.63) is 69.6 Å². The maximum Gasteiger partial charge on any atom is 0.163 e. The fraction of sp³-hybridized carbons (Fsp3) is 0.333. The first-order valence-electron chi connectivity index (χ1n) is 10.7. The summed E-state index contributed by atoms with van der Waals surface area (Å²) in [6, 6.07) is 12.3. The van der Waals surface area contributed by atoms with E-state index in [1.54, 1.807) is 0 Å². The van der Waals surface area contributed by atoms with Gasteiger partial charge in [0, 0.05) is 22.7 Å². The van der Waals surface area contributed by atoms with E-state index in [0.717, 1.165) is 48.8 Å². The number of aromatic nitrogens is 4. The van der Waals surface area contributed by atoms with Crippen molar-refractivity contribution in [3.8, 4) is 11.4 Å². The van der Waals surface area contributed by atoms with Gasteiger partial charge in [-0.2, -0.15) is 0 Å². The molecule has 160 valence electrons. The van der Waals surface area contributed by atoms with E-state index in [2.05, 4.69) is 56.3 Å². The molecule has 2 aromatic heterocycles. The average molecular weight is 454 g/mol. The lowest BCUT2D eigenvalue weighted by atomic mass is 9.90. The number of hydrogen-bond acceptors (Lipinski definition) is 3. The van der Waals surface area contributed by atoms with Crippen LogP contribution in [0.1, 0.15) is 29.8 Å². The zero-order chi connectivity index (χ0) is 21.4. The molecule has 1 saturated heterocycles. The Morgan fingerprint density at radius 1 is 1.06 bits per heavy atom. The standard InChI is InChI=1S/C24H25Cl2N5/c1-15-3-2-4-18-19(13-27-23(15)18)24-28-22(29-30-24)14-31-9-7-16(8-10-31)11-17-5-6-20(25)21(26)12-17/h2-6,12-13,16,27H,7-11,14H2,1H3,(H,28,29,30). The first kappa shape index (κ1) is 20.6. The Morgan fingerprint density at radius 3 is 2.71 bits per heavy atom. The third-order valence-corrected chi connectivity index (χ3v) is 7.04. The molecule has 7 heteroatoms. The second kappa shape index (κ2) is 8.65. The molecular formula is C24H25Cl2N5. The van der Waals surface area contributed by atoms with E-state index >= 15 is 0 Å². The summed E-state index contributed by atoms with van der Waals surface area (Å²) >= 11 is 12.2. The largest absolute Gasteiger partial charge is 0.360 e. The van der Waals surface area contributed by atoms with E-state index in [1.807, 2.05) is 18.3 Å². The van der Waals surface area contributed by atoms with Crippen molar-refractivity contribution in [1.29, 1.82) is 0 Å². The van der Waals surface area contributed by atoms with Crippen molar-refractivity contribution in [3.63, 3.8) is 0 Å². The molecule has 5 rings (SSSR count). The van der Waals surface area contributed by atoms with Crippen LogP contribution in [0, 0.1) is 12.8 Å². The van der Waals surface area contributed by atoms with E-state index in [4.69, 9.17) is 23.2 Å². The number of rotatable bonds is 5. The minimum Gasteiger partial charge on any atom is -0.360 e. The Balaban J connectivity index is 1.20. The van der Waals surface area contributed by atoms with Gasteiger partial charge in [-0.3, -0.25) is 4.90 Å². The average Bonchev–Trinajstić information content (AvgIpc) is 3.40. The molecular weight excluding hydrogens is 429 g/mol. The Morgan fingerprint density at radius 2 is 1.90 bits per heavy atom. The van der Waals surface area contributed by atoms with Gasteiger partial charge in [-0.05, 0) is 68.5 Å². The van der Waals surface area contributed by atoms with E-state index in [-0.39, 0.29) is 0 Å². The second-order valence-corrected chi connectivity index (χ2v) is 9.31. The summed E-state index contributed by atoms with van der Waals surface area (Å²) in [4.78, 5) is 9.24. The summed E-state index contributed by atoms with van der Waals surface area (Å²) in [5.41, 5.74) is 4.71. The number of nitrogens with zero attached hydrogens (tertiary/aromatic N) is 3. The van der Waals surface area contributed by atoms with Crippen molar-refractivity contribution in [1.82, 2.24) is 25.1 Å². The molecule has 2 aromatic carbocycles. The molecule has 31 heavy (non-hydrogen) atoms. The number of H-pyrrole nitrogens is 2. The van der Waals surface area contributed by atoms with Crippen LogP contribution in [0.2, 0.25) is 10.0 Å². The summed E-state index contributed by atoms with van der Waals surface area (Å²) in [5, 5.41) is 11.3. The number of para-hydroxylation sites is 1. The second-order valence-electron chi connectivity index (χ2n) is 8.49. The lowest BCUT2D eigenvalue weighted by molar-refractivity contribution is 0.173. The molecule has 0 atom stereocenters. The molecule has 0 aliphatic carbocycles. The number of likely N-dealkylation sites (tertiary alicyclic amines) is 1. The first-order valence-corrected chi connectivity index (χ1v) is 11.5. The van der Waals surface area contributed by atoms with E-state index in [9.17, 15) is 0 Å². The molecule has 2 N–H and O–H groups in total. The number of fused-ring (bicyclic) bond motifs is 1. The molecule has 0 radical (unpaired) electrons. The molecule has 1 aliphatic rings. The van der Waals surface area contributed by atoms with Crippen molar-refractivity contribution >= 4 is 34.1 Å². The fourth-order valence-corrected chi connectivity index (χ4v) is 4.87. The predicted molar refractivity (Wildman–Crippen MR) is 127 cm³/mol. The molecule has 5 nitrogen and oxygen atoms in total. The Labute approximate surface area is 191 Å². The summed E-state index contributed by atoms with van der Waals surface area (Å²) in [6.07, 6.45) is 5.40. The molecule has 0 unspecified atom stereocenters. The summed E-state index contributed by atoms with van der Waals surface area (Å²) < 4.78 is 0. The maximum atomic E-state index is 6.17. The van der Waals surface area contributed by atoms with E-state index in [0.29, 0.717) is 16.0 Å². The summed E-state index contributed by atoms with van der Waals surface area (Å²) in [5.74, 6) is 2.41. The Hall–Kier alpha value is -2.34. The zero-order valence-electron chi connectivity index (χ0n) is 17.5. The molecule has 0 amide bonds. The van der Waals surface area contributed by atoms with Crippen LogP contribution in [0.25, 0.3) is 22.3 Å². The molecule has 0 saturated carbocycles. The molecule has 3 heterocycles. The highest BCUT2D eigenvalue weighted by molar-refractivity contribution is 6.42. The van der Waals surface area contributed by atoms with Gasteiger partial charge in [0.15, 0.2) is 5.82 Å². The van der Waals surface area contributed by atoms with Crippen LogP contribution >= 0.6 is 23.2 Å². The van der Waals surface area contributed by atoms with Crippen molar-refractivity contribution in [2.75, 3.05) is 13.1 Å². The van der Waals surface area contributed by atoms with Crippen LogP contribution in [0.4, 0.5) is 0 Å². The highest BCUT2D eigenvalue weighted by atomic mass is 35.5. The minimum absolute atomic E-state index is 0.620. The molecule has 0 spiro atoms. The zero-order valence-corrected chi connectivity index (χ0v) is 19.0. The molecule has 1 fully saturated rings. The van der Waals surface area contributed by atoms with Crippen LogP contribution in [-0.4, -0.2) is 38.2 Å². The van der Waals surface area contributed by atoms with E-state index < -0.39 is 0 Å². The number of benzene rings is 2. The van der Waals surface area contributed by atoms with Crippen LogP contribution < -0.4 is 0 Å². The Bertz CT molecular complexity index is 1200. The van der Waals surface area contributed by atoms with Gasteiger partial charge in [-0.15, -0.1) is 10.2 Å². The number of piperidine rings is 1. The van der Waals surface area contributed by atoms with Gasteiger partial charge < -0.3 is 9.97 Å². The van der Waals surface area contributed by atoms with Gasteiger partial charge >= 0.3 is 0 Å². The van der Waals surface area contributed by atoms with Gasteiger partial charge in [0.2, 0.25) is 0 Å². The van der Waals surface area contributed by atoms with Crippen molar-refractivity contribution in [2.24, 2.45) is 5.92 Å². The highest BCUT2D eigenvalue weighted by Gasteiger charge is 2.21. The summed E-state index contributed by atoms with van der Waals surface area (Å²) in [6.45, 7) is 5.04. The van der Waals surface area contributed by atoms with E-state index in [1.165, 1.54) is 29.4 Å². The highest BCUT2D eigenvalue weighted by Crippen LogP contribution is 2.29. The van der Waals surface area contributed by atoms with Crippen LogP contribution in [0.15, 0.2) is 42.6 Å². The quantitative estimate of drug-likeness (QED) is 0.388. The third-order valence-electron chi connectivity index (χ3n) is 6.30. The van der Waals surface area contributed by atoms with Gasteiger partial charge in [0.1, 0.15) is 5.82 Å².